The van der Waals surface area contributed by atoms with Crippen LogP contribution in [0.2, 0.25) is 0 Å². The summed E-state index contributed by atoms with van der Waals surface area (Å²) in [7, 11) is 0. The first-order valence-corrected chi connectivity index (χ1v) is 7.43. The van der Waals surface area contributed by atoms with Crippen molar-refractivity contribution < 1.29 is 19.4 Å². The molecule has 0 saturated carbocycles. The van der Waals surface area contributed by atoms with Gasteiger partial charge in [-0.1, -0.05) is 30.3 Å². The largest absolute Gasteiger partial charge is 0.480 e. The number of oxazole rings is 1. The standard InChI is InChI=1S/C16H18N2O4S/c1-16(2,23)13(14(19)20)17-9-11-15(21)22-12(18-11)8-10-6-4-3-5-7-10/h3-7,9,13,21,23H,8H2,1-2H3,(H,19,20)/t13-/m1/s1. The summed E-state index contributed by atoms with van der Waals surface area (Å²) in [5.74, 6) is -1.17. The molecule has 1 aromatic heterocycles. The number of carbonyl (C=O) groups is 1. The highest BCUT2D eigenvalue weighted by molar-refractivity contribution is 7.81. The molecule has 122 valence electrons. The highest BCUT2D eigenvalue weighted by Crippen LogP contribution is 2.23. The number of thiol groups is 1. The normalized spacial score (nSPS) is 13.3. The van der Waals surface area contributed by atoms with Crippen molar-refractivity contribution >= 4 is 24.8 Å². The minimum atomic E-state index is -1.10. The highest BCUT2D eigenvalue weighted by Gasteiger charge is 2.31. The second kappa shape index (κ2) is 6.87. The third kappa shape index (κ3) is 4.59. The average molecular weight is 334 g/mol. The molecular formula is C16H18N2O4S. The summed E-state index contributed by atoms with van der Waals surface area (Å²) >= 11 is 4.23. The average Bonchev–Trinajstić information content (AvgIpc) is 2.78. The maximum Gasteiger partial charge on any atom is 0.329 e. The Morgan fingerprint density at radius 3 is 2.65 bits per heavy atom. The van der Waals surface area contributed by atoms with Gasteiger partial charge in [0, 0.05) is 11.2 Å². The summed E-state index contributed by atoms with van der Waals surface area (Å²) in [4.78, 5) is 19.3. The summed E-state index contributed by atoms with van der Waals surface area (Å²) in [6.07, 6.45) is 1.62. The van der Waals surface area contributed by atoms with Crippen LogP contribution in [-0.4, -0.2) is 38.2 Å². The Hall–Kier alpha value is -2.28. The highest BCUT2D eigenvalue weighted by atomic mass is 32.1. The minimum absolute atomic E-state index is 0.0970. The van der Waals surface area contributed by atoms with Gasteiger partial charge in [-0.15, -0.1) is 0 Å². The molecule has 0 amide bonds. The van der Waals surface area contributed by atoms with Crippen molar-refractivity contribution in [2.75, 3.05) is 0 Å². The Balaban J connectivity index is 2.18. The third-order valence-electron chi connectivity index (χ3n) is 3.13. The number of aromatic nitrogens is 1. The smallest absolute Gasteiger partial charge is 0.329 e. The summed E-state index contributed by atoms with van der Waals surface area (Å²) < 4.78 is 4.33. The van der Waals surface area contributed by atoms with E-state index in [0.717, 1.165) is 5.56 Å². The number of aliphatic imine (C=N–C) groups is 1. The molecule has 1 atom stereocenters. The van der Waals surface area contributed by atoms with Gasteiger partial charge in [0.25, 0.3) is 0 Å². The molecular weight excluding hydrogens is 316 g/mol. The van der Waals surface area contributed by atoms with Crippen molar-refractivity contribution in [1.29, 1.82) is 0 Å². The Kier molecular flexibility index (Phi) is 5.10. The summed E-state index contributed by atoms with van der Waals surface area (Å²) in [6, 6.07) is 8.46. The summed E-state index contributed by atoms with van der Waals surface area (Å²) in [5.41, 5.74) is 1.08. The fraction of sp³-hybridized carbons (Fsp3) is 0.312. The molecule has 0 fully saturated rings. The van der Waals surface area contributed by atoms with Gasteiger partial charge in [0.1, 0.15) is 0 Å². The van der Waals surface area contributed by atoms with E-state index in [9.17, 15) is 15.0 Å². The molecule has 7 heteroatoms. The number of aliphatic carboxylic acids is 1. The van der Waals surface area contributed by atoms with E-state index in [-0.39, 0.29) is 11.6 Å². The molecule has 2 N–H and O–H groups in total. The maximum absolute atomic E-state index is 11.2. The van der Waals surface area contributed by atoms with Crippen LogP contribution in [0.4, 0.5) is 0 Å². The van der Waals surface area contributed by atoms with Gasteiger partial charge in [-0.3, -0.25) is 4.99 Å². The first-order valence-electron chi connectivity index (χ1n) is 6.98. The number of nitrogens with zero attached hydrogens (tertiary/aromatic N) is 2. The van der Waals surface area contributed by atoms with Gasteiger partial charge >= 0.3 is 11.9 Å². The molecule has 0 radical (unpaired) electrons. The lowest BCUT2D eigenvalue weighted by Crippen LogP contribution is -2.36. The second-order valence-corrected chi connectivity index (χ2v) is 6.79. The van der Waals surface area contributed by atoms with Crippen molar-refractivity contribution in [2.45, 2.75) is 31.1 Å². The first kappa shape index (κ1) is 17.1. The van der Waals surface area contributed by atoms with Crippen LogP contribution in [0.1, 0.15) is 31.0 Å². The lowest BCUT2D eigenvalue weighted by atomic mass is 10.0. The second-order valence-electron chi connectivity index (χ2n) is 5.63. The van der Waals surface area contributed by atoms with Crippen molar-refractivity contribution in [3.63, 3.8) is 0 Å². The van der Waals surface area contributed by atoms with Gasteiger partial charge in [0.15, 0.2) is 11.7 Å². The van der Waals surface area contributed by atoms with E-state index in [1.54, 1.807) is 13.8 Å². The van der Waals surface area contributed by atoms with Gasteiger partial charge < -0.3 is 14.6 Å². The molecule has 0 unspecified atom stereocenters. The molecule has 23 heavy (non-hydrogen) atoms. The number of hydrogen-bond acceptors (Lipinski definition) is 6. The third-order valence-corrected chi connectivity index (χ3v) is 3.37. The van der Waals surface area contributed by atoms with Crippen LogP contribution in [0, 0.1) is 0 Å². The first-order chi connectivity index (χ1) is 10.8. The van der Waals surface area contributed by atoms with E-state index in [4.69, 9.17) is 4.42 Å². The zero-order valence-electron chi connectivity index (χ0n) is 12.8. The van der Waals surface area contributed by atoms with Crippen LogP contribution in [0.25, 0.3) is 0 Å². The van der Waals surface area contributed by atoms with Crippen LogP contribution in [0.15, 0.2) is 39.7 Å². The zero-order chi connectivity index (χ0) is 17.0. The fourth-order valence-corrected chi connectivity index (χ4v) is 2.17. The predicted molar refractivity (Wildman–Crippen MR) is 89.5 cm³/mol. The lowest BCUT2D eigenvalue weighted by molar-refractivity contribution is -0.138. The lowest BCUT2D eigenvalue weighted by Gasteiger charge is -2.21. The fourth-order valence-electron chi connectivity index (χ4n) is 1.99. The summed E-state index contributed by atoms with van der Waals surface area (Å²) in [5, 5.41) is 19.0. The van der Waals surface area contributed by atoms with Crippen LogP contribution in [0.3, 0.4) is 0 Å². The Morgan fingerprint density at radius 1 is 1.43 bits per heavy atom. The molecule has 0 aliphatic heterocycles. The van der Waals surface area contributed by atoms with Crippen molar-refractivity contribution in [2.24, 2.45) is 4.99 Å². The molecule has 1 aromatic carbocycles. The van der Waals surface area contributed by atoms with Crippen LogP contribution < -0.4 is 0 Å². The van der Waals surface area contributed by atoms with E-state index < -0.39 is 16.8 Å². The van der Waals surface area contributed by atoms with E-state index in [1.807, 2.05) is 30.3 Å². The molecule has 0 bridgehead atoms. The molecule has 6 nitrogen and oxygen atoms in total. The van der Waals surface area contributed by atoms with Crippen LogP contribution in [0.5, 0.6) is 5.95 Å². The van der Waals surface area contributed by atoms with Crippen LogP contribution >= 0.6 is 12.6 Å². The Bertz CT molecular complexity index is 705. The van der Waals surface area contributed by atoms with Gasteiger partial charge in [-0.2, -0.15) is 12.6 Å². The predicted octanol–water partition coefficient (Wildman–Crippen LogP) is 2.55. The SMILES string of the molecule is CC(C)(S)[C@H](N=Cc1nc(Cc2ccccc2)oc1O)C(=O)O. The molecule has 0 spiro atoms. The van der Waals surface area contributed by atoms with Crippen molar-refractivity contribution in [1.82, 2.24) is 4.98 Å². The topological polar surface area (TPSA) is 95.9 Å². The van der Waals surface area contributed by atoms with Gasteiger partial charge in [-0.25, -0.2) is 9.78 Å². The van der Waals surface area contributed by atoms with E-state index in [1.165, 1.54) is 6.21 Å². The molecule has 0 aliphatic carbocycles. The monoisotopic (exact) mass is 334 g/mol. The number of aromatic hydroxyl groups is 1. The van der Waals surface area contributed by atoms with Gasteiger partial charge in [0.2, 0.25) is 5.89 Å². The molecule has 2 rings (SSSR count). The quantitative estimate of drug-likeness (QED) is 0.557. The number of carboxylic acid groups (broad SMARTS) is 1. The molecule has 0 aliphatic rings. The molecule has 1 heterocycles. The van der Waals surface area contributed by atoms with Crippen molar-refractivity contribution in [3.8, 4) is 5.95 Å². The summed E-state index contributed by atoms with van der Waals surface area (Å²) in [6.45, 7) is 3.30. The zero-order valence-corrected chi connectivity index (χ0v) is 13.7. The number of rotatable bonds is 6. The number of hydrogen-bond donors (Lipinski definition) is 3. The van der Waals surface area contributed by atoms with Crippen LogP contribution in [-0.2, 0) is 11.2 Å². The Morgan fingerprint density at radius 2 is 2.09 bits per heavy atom. The Labute approximate surface area is 139 Å². The van der Waals surface area contributed by atoms with E-state index in [2.05, 4.69) is 22.6 Å². The minimum Gasteiger partial charge on any atom is -0.480 e. The molecule has 2 aromatic rings. The molecule has 0 saturated heterocycles. The van der Waals surface area contributed by atoms with E-state index in [0.29, 0.717) is 12.3 Å². The maximum atomic E-state index is 11.2. The van der Waals surface area contributed by atoms with Gasteiger partial charge in [0.05, 0.1) is 6.21 Å². The van der Waals surface area contributed by atoms with Gasteiger partial charge in [-0.05, 0) is 19.4 Å². The number of carboxylic acids is 1. The van der Waals surface area contributed by atoms with Crippen molar-refractivity contribution in [3.05, 3.63) is 47.5 Å². The number of benzene rings is 1. The van der Waals surface area contributed by atoms with E-state index >= 15 is 0 Å².